The fraction of sp³-hybridized carbons (Fsp3) is 0.381. The Bertz CT molecular complexity index is 661. The van der Waals surface area contributed by atoms with Crippen molar-refractivity contribution < 1.29 is 9.90 Å². The van der Waals surface area contributed by atoms with Gasteiger partial charge < -0.3 is 10.0 Å². The van der Waals surface area contributed by atoms with Crippen LogP contribution < -0.4 is 0 Å². The van der Waals surface area contributed by atoms with E-state index in [2.05, 4.69) is 4.90 Å². The Kier molecular flexibility index (Phi) is 5.21. The van der Waals surface area contributed by atoms with Gasteiger partial charge in [-0.2, -0.15) is 0 Å². The van der Waals surface area contributed by atoms with Crippen molar-refractivity contribution in [2.45, 2.75) is 24.5 Å². The summed E-state index contributed by atoms with van der Waals surface area (Å²) in [7, 11) is 3.54. The summed E-state index contributed by atoms with van der Waals surface area (Å²) in [4.78, 5) is 16.0. The zero-order chi connectivity index (χ0) is 17.9. The van der Waals surface area contributed by atoms with Crippen LogP contribution in [0.3, 0.4) is 0 Å². The second-order valence-electron chi connectivity index (χ2n) is 6.92. The van der Waals surface area contributed by atoms with Crippen molar-refractivity contribution >= 4 is 5.91 Å². The number of hydrogen-bond donors (Lipinski definition) is 1. The van der Waals surface area contributed by atoms with Crippen molar-refractivity contribution in [3.8, 4) is 0 Å². The average molecular weight is 338 g/mol. The number of amides is 1. The topological polar surface area (TPSA) is 43.8 Å². The fourth-order valence-corrected chi connectivity index (χ4v) is 3.74. The number of likely N-dealkylation sites (tertiary alicyclic amines) is 1. The number of carbonyl (C=O) groups excluding carboxylic acids is 1. The van der Waals surface area contributed by atoms with Crippen molar-refractivity contribution in [3.63, 3.8) is 0 Å². The lowest BCUT2D eigenvalue weighted by molar-refractivity contribution is -0.131. The molecule has 0 aliphatic carbocycles. The molecule has 132 valence electrons. The SMILES string of the molecule is CN(C)C(=O)CN1CCC[C@@H]1C(O)(c1ccccc1)c1ccccc1. The number of aliphatic hydroxyl groups is 1. The maximum Gasteiger partial charge on any atom is 0.236 e. The van der Waals surface area contributed by atoms with Crippen LogP contribution in [-0.4, -0.2) is 54.0 Å². The Labute approximate surface area is 149 Å². The highest BCUT2D eigenvalue weighted by atomic mass is 16.3. The summed E-state index contributed by atoms with van der Waals surface area (Å²) in [6, 6.07) is 19.5. The Morgan fingerprint density at radius 1 is 1.08 bits per heavy atom. The number of likely N-dealkylation sites (N-methyl/N-ethyl adjacent to an activating group) is 1. The van der Waals surface area contributed by atoms with Crippen LogP contribution in [0.15, 0.2) is 60.7 Å². The predicted molar refractivity (Wildman–Crippen MR) is 99.2 cm³/mol. The Balaban J connectivity index is 2.01. The molecule has 0 aromatic heterocycles. The van der Waals surface area contributed by atoms with Gasteiger partial charge in [-0.3, -0.25) is 9.69 Å². The molecule has 0 spiro atoms. The molecule has 1 aliphatic heterocycles. The van der Waals surface area contributed by atoms with Gasteiger partial charge in [0, 0.05) is 20.1 Å². The third-order valence-corrected chi connectivity index (χ3v) is 5.11. The average Bonchev–Trinajstić information content (AvgIpc) is 3.11. The van der Waals surface area contributed by atoms with Crippen LogP contribution in [0.1, 0.15) is 24.0 Å². The van der Waals surface area contributed by atoms with Gasteiger partial charge in [-0.25, -0.2) is 0 Å². The summed E-state index contributed by atoms with van der Waals surface area (Å²) >= 11 is 0. The van der Waals surface area contributed by atoms with Crippen LogP contribution >= 0.6 is 0 Å². The molecule has 0 radical (unpaired) electrons. The highest BCUT2D eigenvalue weighted by Gasteiger charge is 2.45. The lowest BCUT2D eigenvalue weighted by Crippen LogP contribution is -2.50. The van der Waals surface area contributed by atoms with Gasteiger partial charge in [0.2, 0.25) is 5.91 Å². The van der Waals surface area contributed by atoms with Crippen molar-refractivity contribution in [1.82, 2.24) is 9.80 Å². The number of hydrogen-bond acceptors (Lipinski definition) is 3. The van der Waals surface area contributed by atoms with E-state index in [4.69, 9.17) is 0 Å². The van der Waals surface area contributed by atoms with E-state index in [1.54, 1.807) is 19.0 Å². The number of rotatable bonds is 5. The summed E-state index contributed by atoms with van der Waals surface area (Å²) in [5, 5.41) is 11.9. The fourth-order valence-electron chi connectivity index (χ4n) is 3.74. The molecule has 1 heterocycles. The van der Waals surface area contributed by atoms with Crippen LogP contribution in [0, 0.1) is 0 Å². The van der Waals surface area contributed by atoms with Gasteiger partial charge in [0.05, 0.1) is 6.54 Å². The molecule has 1 N–H and O–H groups in total. The van der Waals surface area contributed by atoms with E-state index in [0.717, 1.165) is 30.5 Å². The van der Waals surface area contributed by atoms with Gasteiger partial charge in [-0.1, -0.05) is 60.7 Å². The van der Waals surface area contributed by atoms with Crippen molar-refractivity contribution in [3.05, 3.63) is 71.8 Å². The third-order valence-electron chi connectivity index (χ3n) is 5.11. The molecular weight excluding hydrogens is 312 g/mol. The van der Waals surface area contributed by atoms with E-state index < -0.39 is 5.60 Å². The zero-order valence-corrected chi connectivity index (χ0v) is 14.9. The van der Waals surface area contributed by atoms with Gasteiger partial charge in [0.15, 0.2) is 0 Å². The lowest BCUT2D eigenvalue weighted by atomic mass is 9.79. The Morgan fingerprint density at radius 3 is 2.08 bits per heavy atom. The minimum absolute atomic E-state index is 0.0652. The standard InChI is InChI=1S/C21H26N2O2/c1-22(2)20(24)16-23-15-9-14-19(23)21(25,17-10-5-3-6-11-17)18-12-7-4-8-13-18/h3-8,10-13,19,25H,9,14-16H2,1-2H3/t19-/m1/s1. The molecule has 25 heavy (non-hydrogen) atoms. The van der Waals surface area contributed by atoms with E-state index in [9.17, 15) is 9.90 Å². The van der Waals surface area contributed by atoms with E-state index in [1.165, 1.54) is 0 Å². The van der Waals surface area contributed by atoms with E-state index in [-0.39, 0.29) is 11.9 Å². The molecule has 0 saturated carbocycles. The number of benzene rings is 2. The number of nitrogens with zero attached hydrogens (tertiary/aromatic N) is 2. The summed E-state index contributed by atoms with van der Waals surface area (Å²) in [5.74, 6) is 0.0652. The van der Waals surface area contributed by atoms with Gasteiger partial charge in [-0.05, 0) is 30.5 Å². The molecule has 1 aliphatic rings. The quantitative estimate of drug-likeness (QED) is 0.911. The first-order chi connectivity index (χ1) is 12.0. The molecule has 4 nitrogen and oxygen atoms in total. The monoisotopic (exact) mass is 338 g/mol. The molecule has 4 heteroatoms. The molecule has 1 saturated heterocycles. The molecule has 1 atom stereocenters. The smallest absolute Gasteiger partial charge is 0.236 e. The molecular formula is C21H26N2O2. The Hall–Kier alpha value is -2.17. The largest absolute Gasteiger partial charge is 0.379 e. The summed E-state index contributed by atoms with van der Waals surface area (Å²) in [6.07, 6.45) is 1.84. The van der Waals surface area contributed by atoms with Crippen LogP contribution in [0.5, 0.6) is 0 Å². The van der Waals surface area contributed by atoms with Crippen LogP contribution in [0.4, 0.5) is 0 Å². The Morgan fingerprint density at radius 2 is 1.60 bits per heavy atom. The summed E-state index contributed by atoms with van der Waals surface area (Å²) in [6.45, 7) is 1.16. The highest BCUT2D eigenvalue weighted by Crippen LogP contribution is 2.40. The van der Waals surface area contributed by atoms with Crippen molar-refractivity contribution in [2.75, 3.05) is 27.2 Å². The number of carbonyl (C=O) groups is 1. The first kappa shape index (κ1) is 17.6. The summed E-state index contributed by atoms with van der Waals surface area (Å²) in [5.41, 5.74) is 0.608. The van der Waals surface area contributed by atoms with E-state index >= 15 is 0 Å². The normalized spacial score (nSPS) is 18.3. The second-order valence-corrected chi connectivity index (χ2v) is 6.92. The van der Waals surface area contributed by atoms with Crippen molar-refractivity contribution in [1.29, 1.82) is 0 Å². The molecule has 2 aromatic carbocycles. The first-order valence-corrected chi connectivity index (χ1v) is 8.81. The van der Waals surface area contributed by atoms with Crippen LogP contribution in [-0.2, 0) is 10.4 Å². The van der Waals surface area contributed by atoms with Crippen molar-refractivity contribution in [2.24, 2.45) is 0 Å². The maximum absolute atomic E-state index is 12.2. The molecule has 0 unspecified atom stereocenters. The first-order valence-electron chi connectivity index (χ1n) is 8.81. The van der Waals surface area contributed by atoms with Crippen LogP contribution in [0.2, 0.25) is 0 Å². The molecule has 2 aromatic rings. The van der Waals surface area contributed by atoms with Crippen LogP contribution in [0.25, 0.3) is 0 Å². The van der Waals surface area contributed by atoms with Gasteiger partial charge >= 0.3 is 0 Å². The molecule has 3 rings (SSSR count). The molecule has 0 bridgehead atoms. The third kappa shape index (κ3) is 3.46. The zero-order valence-electron chi connectivity index (χ0n) is 14.9. The minimum Gasteiger partial charge on any atom is -0.379 e. The maximum atomic E-state index is 12.2. The second kappa shape index (κ2) is 7.38. The predicted octanol–water partition coefficient (Wildman–Crippen LogP) is 2.48. The highest BCUT2D eigenvalue weighted by molar-refractivity contribution is 5.77. The van der Waals surface area contributed by atoms with Gasteiger partial charge in [0.25, 0.3) is 0 Å². The van der Waals surface area contributed by atoms with Gasteiger partial charge in [0.1, 0.15) is 5.60 Å². The van der Waals surface area contributed by atoms with E-state index in [0.29, 0.717) is 6.54 Å². The van der Waals surface area contributed by atoms with Gasteiger partial charge in [-0.15, -0.1) is 0 Å². The minimum atomic E-state index is -1.13. The molecule has 1 fully saturated rings. The lowest BCUT2D eigenvalue weighted by Gasteiger charge is -2.40. The van der Waals surface area contributed by atoms with E-state index in [1.807, 2.05) is 60.7 Å². The summed E-state index contributed by atoms with van der Waals surface area (Å²) < 4.78 is 0. The molecule has 1 amide bonds.